The van der Waals surface area contributed by atoms with Crippen molar-refractivity contribution in [3.63, 3.8) is 0 Å². The van der Waals surface area contributed by atoms with Crippen molar-refractivity contribution in [1.82, 2.24) is 0 Å². The molecule has 0 fully saturated rings. The van der Waals surface area contributed by atoms with Crippen LogP contribution >= 0.6 is 0 Å². The molecule has 0 saturated heterocycles. The van der Waals surface area contributed by atoms with Gasteiger partial charge in [-0.3, -0.25) is 0 Å². The van der Waals surface area contributed by atoms with E-state index in [4.69, 9.17) is 4.74 Å². The molecule has 106 valence electrons. The molecule has 3 aromatic carbocycles. The van der Waals surface area contributed by atoms with Crippen molar-refractivity contribution in [1.29, 1.82) is 0 Å². The van der Waals surface area contributed by atoms with Crippen molar-refractivity contribution in [2.75, 3.05) is 0 Å². The van der Waals surface area contributed by atoms with Crippen LogP contribution in [-0.4, -0.2) is 11.1 Å². The van der Waals surface area contributed by atoms with E-state index in [0.29, 0.717) is 11.1 Å². The number of rotatable bonds is 0. The molecule has 0 bridgehead atoms. The van der Waals surface area contributed by atoms with Gasteiger partial charge in [-0.1, -0.05) is 0 Å². The highest BCUT2D eigenvalue weighted by Crippen LogP contribution is 2.41. The first kappa shape index (κ1) is 11.6. The number of esters is 1. The molecule has 5 rings (SSSR count). The Kier molecular flexibility index (Phi) is 1.81. The average Bonchev–Trinajstić information content (AvgIpc) is 2.92. The van der Waals surface area contributed by atoms with Gasteiger partial charge in [0, 0.05) is 5.56 Å². The second-order valence-electron chi connectivity index (χ2n) is 5.36. The van der Waals surface area contributed by atoms with Gasteiger partial charge < -0.3 is 14.3 Å². The Morgan fingerprint density at radius 3 is 1.95 bits per heavy atom. The number of carbonyl (C=O) groups is 1. The SMILES string of the molecule is O=C1OC(O)c2cc3c(cc21)c1cc2c(=O)oc(=O)c2cc31. The number of aliphatic hydroxyl groups is 1. The van der Waals surface area contributed by atoms with Gasteiger partial charge >= 0.3 is 17.2 Å². The second-order valence-corrected chi connectivity index (χ2v) is 5.36. The molecule has 1 N–H and O–H groups in total. The Balaban J connectivity index is 1.95. The molecule has 4 aromatic rings. The summed E-state index contributed by atoms with van der Waals surface area (Å²) in [6, 6.07) is 6.52. The predicted molar refractivity (Wildman–Crippen MR) is 76.5 cm³/mol. The molecule has 6 heteroatoms. The fourth-order valence-electron chi connectivity index (χ4n) is 3.19. The van der Waals surface area contributed by atoms with E-state index < -0.39 is 23.5 Å². The van der Waals surface area contributed by atoms with Crippen LogP contribution in [0.1, 0.15) is 22.2 Å². The molecule has 1 unspecified atom stereocenters. The second kappa shape index (κ2) is 3.42. The van der Waals surface area contributed by atoms with E-state index >= 15 is 0 Å². The van der Waals surface area contributed by atoms with Crippen LogP contribution in [0.15, 0.2) is 38.3 Å². The molecular weight excluding hydrogens is 288 g/mol. The van der Waals surface area contributed by atoms with Crippen molar-refractivity contribution >= 4 is 38.3 Å². The molecule has 22 heavy (non-hydrogen) atoms. The molecule has 2 heterocycles. The third kappa shape index (κ3) is 1.17. The van der Waals surface area contributed by atoms with Gasteiger partial charge in [0.05, 0.1) is 16.3 Å². The minimum atomic E-state index is -1.27. The minimum Gasteiger partial charge on any atom is -0.428 e. The molecule has 0 saturated carbocycles. The summed E-state index contributed by atoms with van der Waals surface area (Å²) in [5.41, 5.74) is -0.590. The Hall–Kier alpha value is -2.99. The van der Waals surface area contributed by atoms with Crippen LogP contribution < -0.4 is 11.3 Å². The molecule has 1 aromatic heterocycles. The molecule has 0 radical (unpaired) electrons. The van der Waals surface area contributed by atoms with Crippen LogP contribution in [0, 0.1) is 0 Å². The topological polar surface area (TPSA) is 93.8 Å². The van der Waals surface area contributed by atoms with Crippen LogP contribution in [0.4, 0.5) is 0 Å². The van der Waals surface area contributed by atoms with Crippen LogP contribution in [-0.2, 0) is 4.74 Å². The lowest BCUT2D eigenvalue weighted by atomic mass is 9.89. The van der Waals surface area contributed by atoms with E-state index in [1.54, 1.807) is 24.3 Å². The van der Waals surface area contributed by atoms with Crippen molar-refractivity contribution < 1.29 is 19.1 Å². The summed E-state index contributed by atoms with van der Waals surface area (Å²) < 4.78 is 9.36. The lowest BCUT2D eigenvalue weighted by Crippen LogP contribution is -1.96. The highest BCUT2D eigenvalue weighted by molar-refractivity contribution is 6.28. The third-order valence-electron chi connectivity index (χ3n) is 4.26. The first-order chi connectivity index (χ1) is 10.5. The number of hydrogen-bond acceptors (Lipinski definition) is 6. The maximum absolute atomic E-state index is 11.7. The Bertz CT molecular complexity index is 1220. The molecule has 1 aliphatic heterocycles. The number of aliphatic hydroxyl groups excluding tert-OH is 1. The van der Waals surface area contributed by atoms with Gasteiger partial charge in [-0.15, -0.1) is 0 Å². The smallest absolute Gasteiger partial charge is 0.346 e. The molecule has 6 nitrogen and oxygen atoms in total. The minimum absolute atomic E-state index is 0.234. The maximum atomic E-state index is 11.7. The summed E-state index contributed by atoms with van der Waals surface area (Å²) in [5.74, 6) is -0.575. The summed E-state index contributed by atoms with van der Waals surface area (Å²) in [6.07, 6.45) is -1.27. The van der Waals surface area contributed by atoms with Gasteiger partial charge in [0.15, 0.2) is 0 Å². The molecular formula is C16H6O6. The number of cyclic esters (lactones) is 1. The summed E-state index contributed by atoms with van der Waals surface area (Å²) >= 11 is 0. The van der Waals surface area contributed by atoms with Crippen molar-refractivity contribution in [3.8, 4) is 0 Å². The lowest BCUT2D eigenvalue weighted by Gasteiger charge is -2.13. The number of furan rings is 1. The molecule has 1 atom stereocenters. The Morgan fingerprint density at radius 1 is 0.773 bits per heavy atom. The van der Waals surface area contributed by atoms with Gasteiger partial charge in [0.1, 0.15) is 0 Å². The number of benzene rings is 2. The molecule has 0 spiro atoms. The van der Waals surface area contributed by atoms with Crippen LogP contribution in [0.5, 0.6) is 0 Å². The van der Waals surface area contributed by atoms with Crippen LogP contribution in [0.25, 0.3) is 32.3 Å². The number of carbonyl (C=O) groups excluding carboxylic acids is 1. The first-order valence-electron chi connectivity index (χ1n) is 6.57. The number of ether oxygens (including phenoxy) is 1. The molecule has 0 aliphatic carbocycles. The van der Waals surface area contributed by atoms with E-state index in [1.165, 1.54) is 0 Å². The zero-order valence-electron chi connectivity index (χ0n) is 10.9. The third-order valence-corrected chi connectivity index (χ3v) is 4.26. The Labute approximate surface area is 120 Å². The van der Waals surface area contributed by atoms with Gasteiger partial charge in [0.25, 0.3) is 0 Å². The summed E-state index contributed by atoms with van der Waals surface area (Å²) in [7, 11) is 0. The zero-order chi connectivity index (χ0) is 15.2. The largest absolute Gasteiger partial charge is 0.428 e. The first-order valence-corrected chi connectivity index (χ1v) is 6.57. The standard InChI is InChI=1S/C16H6O6/c17-13-9-1-5-6(2-10(9)14(18)21-13)8-4-12-11(3-7(5)8)15(19)22-16(12)20/h1-4,13,17H. The highest BCUT2D eigenvalue weighted by atomic mass is 16.6. The van der Waals surface area contributed by atoms with Crippen LogP contribution in [0.3, 0.4) is 0 Å². The quantitative estimate of drug-likeness (QED) is 0.494. The average molecular weight is 294 g/mol. The zero-order valence-corrected chi connectivity index (χ0v) is 10.9. The number of fused-ring (bicyclic) bond motifs is 6. The van der Waals surface area contributed by atoms with Crippen molar-refractivity contribution in [2.45, 2.75) is 6.29 Å². The Morgan fingerprint density at radius 2 is 1.32 bits per heavy atom. The summed E-state index contributed by atoms with van der Waals surface area (Å²) in [6.45, 7) is 0. The van der Waals surface area contributed by atoms with E-state index in [9.17, 15) is 19.5 Å². The fourth-order valence-corrected chi connectivity index (χ4v) is 3.19. The summed E-state index contributed by atoms with van der Waals surface area (Å²) in [5, 5.41) is 13.3. The monoisotopic (exact) mass is 294 g/mol. The van der Waals surface area contributed by atoms with E-state index in [0.717, 1.165) is 21.5 Å². The van der Waals surface area contributed by atoms with Crippen molar-refractivity contribution in [2.24, 2.45) is 0 Å². The highest BCUT2D eigenvalue weighted by Gasteiger charge is 2.31. The van der Waals surface area contributed by atoms with Crippen LogP contribution in [0.2, 0.25) is 0 Å². The number of hydrogen-bond donors (Lipinski definition) is 1. The maximum Gasteiger partial charge on any atom is 0.346 e. The summed E-state index contributed by atoms with van der Waals surface area (Å²) in [4.78, 5) is 34.9. The molecule has 0 amide bonds. The van der Waals surface area contributed by atoms with Gasteiger partial charge in [-0.05, 0) is 45.8 Å². The predicted octanol–water partition coefficient (Wildman–Crippen LogP) is 1.50. The lowest BCUT2D eigenvalue weighted by molar-refractivity contribution is -0.0547. The van der Waals surface area contributed by atoms with Crippen molar-refractivity contribution in [3.05, 3.63) is 56.2 Å². The van der Waals surface area contributed by atoms with Gasteiger partial charge in [0.2, 0.25) is 6.29 Å². The van der Waals surface area contributed by atoms with Gasteiger partial charge in [-0.25, -0.2) is 14.4 Å². The normalized spacial score (nSPS) is 17.7. The molecule has 1 aliphatic rings. The van der Waals surface area contributed by atoms with E-state index in [1.807, 2.05) is 0 Å². The van der Waals surface area contributed by atoms with Gasteiger partial charge in [-0.2, -0.15) is 0 Å². The fraction of sp³-hybridized carbons (Fsp3) is 0.0625. The van der Waals surface area contributed by atoms with E-state index in [2.05, 4.69) is 4.42 Å². The van der Waals surface area contributed by atoms with E-state index in [-0.39, 0.29) is 10.8 Å².